The van der Waals surface area contributed by atoms with Crippen LogP contribution in [-0.2, 0) is 28.6 Å². The van der Waals surface area contributed by atoms with Crippen molar-refractivity contribution in [1.82, 2.24) is 5.32 Å². The number of hydrogen-bond acceptors (Lipinski definition) is 12. The first-order valence-electron chi connectivity index (χ1n) is 15.7. The van der Waals surface area contributed by atoms with Crippen LogP contribution in [0.2, 0.25) is 0 Å². The Hall–Kier alpha value is -4.80. The molecule has 50 heavy (non-hydrogen) atoms. The SMILES string of the molecule is CCCCC(=O)OCC(=O)C1=Cc2c(O)c3c(c(O)c2[C@@H](OC2CC(NC(=O)C(F)(F)F)C(O)C(C)O2)C1)C(=O)c1c(OC)cccc1C3=O. The zero-order valence-corrected chi connectivity index (χ0v) is 27.1. The standard InChI is InChI=1S/C34H34F3NO12/c1-4-5-9-22(40)48-13-19(39)15-10-17-25(21(11-15)50-23-12-18(28(41)14(2)49-23)38-33(46)34(35,36)37)32(45)27-26(30(17)43)29(42)16-7-6-8-20(47-3)24(16)31(27)44/h6-8,10,14,18,21,23,28,41,43,45H,4-5,9,11-13H2,1-3H3,(H,38,46)/t14?,18?,21-,23?,28?/m0/s1. The van der Waals surface area contributed by atoms with Gasteiger partial charge in [0.1, 0.15) is 23.4 Å². The van der Waals surface area contributed by atoms with Gasteiger partial charge in [0.05, 0.1) is 42.0 Å². The fraction of sp³-hybridized carbons (Fsp3) is 0.441. The van der Waals surface area contributed by atoms with E-state index in [1.807, 2.05) is 6.92 Å². The number of hydrogen-bond donors (Lipinski definition) is 4. The van der Waals surface area contributed by atoms with E-state index < -0.39 is 102 Å². The van der Waals surface area contributed by atoms with Crippen LogP contribution in [0.5, 0.6) is 17.2 Å². The Morgan fingerprint density at radius 2 is 1.76 bits per heavy atom. The summed E-state index contributed by atoms with van der Waals surface area (Å²) < 4.78 is 61.2. The number of aliphatic hydroxyl groups is 1. The van der Waals surface area contributed by atoms with Crippen molar-refractivity contribution in [2.75, 3.05) is 13.7 Å². The van der Waals surface area contributed by atoms with Crippen molar-refractivity contribution < 1.29 is 71.4 Å². The Bertz CT molecular complexity index is 1790. The van der Waals surface area contributed by atoms with Crippen LogP contribution < -0.4 is 10.1 Å². The average Bonchev–Trinajstić information content (AvgIpc) is 3.07. The van der Waals surface area contributed by atoms with Crippen molar-refractivity contribution in [1.29, 1.82) is 0 Å². The second-order valence-electron chi connectivity index (χ2n) is 12.1. The number of ketones is 3. The Morgan fingerprint density at radius 3 is 2.42 bits per heavy atom. The second kappa shape index (κ2) is 14.2. The molecule has 2 aromatic carbocycles. The van der Waals surface area contributed by atoms with E-state index in [0.717, 1.165) is 6.08 Å². The van der Waals surface area contributed by atoms with Gasteiger partial charge in [-0.25, -0.2) is 0 Å². The van der Waals surface area contributed by atoms with E-state index in [0.29, 0.717) is 12.8 Å². The first-order valence-corrected chi connectivity index (χ1v) is 15.7. The molecule has 0 saturated carbocycles. The zero-order valence-electron chi connectivity index (χ0n) is 27.1. The summed E-state index contributed by atoms with van der Waals surface area (Å²) in [6, 6.07) is 2.71. The summed E-state index contributed by atoms with van der Waals surface area (Å²) in [6.07, 6.45) is -9.41. The number of fused-ring (bicyclic) bond motifs is 3. The number of carbonyl (C=O) groups is 5. The van der Waals surface area contributed by atoms with Crippen LogP contribution in [0.4, 0.5) is 13.2 Å². The Balaban J connectivity index is 1.57. The van der Waals surface area contributed by atoms with Gasteiger partial charge in [0.2, 0.25) is 5.78 Å². The number of esters is 1. The molecule has 16 heteroatoms. The van der Waals surface area contributed by atoms with Gasteiger partial charge in [0.25, 0.3) is 0 Å². The summed E-state index contributed by atoms with van der Waals surface area (Å²) in [4.78, 5) is 64.7. The lowest BCUT2D eigenvalue weighted by Gasteiger charge is -2.40. The second-order valence-corrected chi connectivity index (χ2v) is 12.1. The highest BCUT2D eigenvalue weighted by atomic mass is 19.4. The maximum atomic E-state index is 13.8. The molecule has 1 heterocycles. The quantitative estimate of drug-likeness (QED) is 0.177. The van der Waals surface area contributed by atoms with Gasteiger partial charge in [-0.05, 0) is 25.5 Å². The van der Waals surface area contributed by atoms with Crippen LogP contribution in [-0.4, -0.2) is 89.0 Å². The topological polar surface area (TPSA) is 195 Å². The van der Waals surface area contributed by atoms with E-state index in [4.69, 9.17) is 18.9 Å². The lowest BCUT2D eigenvalue weighted by atomic mass is 9.77. The summed E-state index contributed by atoms with van der Waals surface area (Å²) in [5, 5.41) is 35.4. The molecule has 1 saturated heterocycles. The van der Waals surface area contributed by atoms with Crippen molar-refractivity contribution >= 4 is 35.3 Å². The maximum Gasteiger partial charge on any atom is 0.471 e. The third-order valence-electron chi connectivity index (χ3n) is 8.79. The van der Waals surface area contributed by atoms with Crippen LogP contribution >= 0.6 is 0 Å². The van der Waals surface area contributed by atoms with Gasteiger partial charge in [-0.3, -0.25) is 24.0 Å². The molecule has 0 aromatic heterocycles. The minimum atomic E-state index is -5.26. The van der Waals surface area contributed by atoms with Gasteiger partial charge in [0.15, 0.2) is 24.5 Å². The van der Waals surface area contributed by atoms with Crippen molar-refractivity contribution in [2.45, 2.75) is 82.8 Å². The van der Waals surface area contributed by atoms with E-state index in [-0.39, 0.29) is 46.4 Å². The van der Waals surface area contributed by atoms with Gasteiger partial charge < -0.3 is 39.6 Å². The lowest BCUT2D eigenvalue weighted by Crippen LogP contribution is -2.57. The summed E-state index contributed by atoms with van der Waals surface area (Å²) in [7, 11) is 1.27. The van der Waals surface area contributed by atoms with E-state index in [9.17, 15) is 52.5 Å². The average molecular weight is 706 g/mol. The van der Waals surface area contributed by atoms with E-state index in [1.54, 1.807) is 5.32 Å². The van der Waals surface area contributed by atoms with E-state index in [2.05, 4.69) is 0 Å². The van der Waals surface area contributed by atoms with Gasteiger partial charge in [-0.1, -0.05) is 25.5 Å². The molecule has 3 aliphatic rings. The number of methoxy groups -OCH3 is 1. The van der Waals surface area contributed by atoms with Gasteiger partial charge >= 0.3 is 18.1 Å². The van der Waals surface area contributed by atoms with Gasteiger partial charge in [0, 0.05) is 41.5 Å². The molecule has 268 valence electrons. The number of unbranched alkanes of at least 4 members (excludes halogenated alkanes) is 1. The van der Waals surface area contributed by atoms with Crippen LogP contribution in [0.25, 0.3) is 6.08 Å². The molecule has 5 atom stereocenters. The number of ether oxygens (including phenoxy) is 4. The molecule has 1 aliphatic heterocycles. The molecule has 13 nitrogen and oxygen atoms in total. The fourth-order valence-corrected chi connectivity index (χ4v) is 6.25. The molecule has 4 unspecified atom stereocenters. The summed E-state index contributed by atoms with van der Waals surface area (Å²) in [6.45, 7) is 2.48. The number of benzene rings is 2. The van der Waals surface area contributed by atoms with E-state index >= 15 is 0 Å². The highest BCUT2D eigenvalue weighted by Crippen LogP contribution is 2.51. The Kier molecular flexibility index (Phi) is 10.4. The molecular formula is C34H34F3NO12. The number of Topliss-reactive ketones (excluding diaryl/α,β-unsaturated/α-hetero) is 1. The molecule has 4 N–H and O–H groups in total. The van der Waals surface area contributed by atoms with E-state index in [1.165, 1.54) is 32.2 Å². The van der Waals surface area contributed by atoms with Crippen LogP contribution in [0, 0.1) is 0 Å². The van der Waals surface area contributed by atoms with Crippen LogP contribution in [0.3, 0.4) is 0 Å². The molecule has 5 rings (SSSR count). The predicted molar refractivity (Wildman–Crippen MR) is 164 cm³/mol. The number of amides is 1. The number of halogens is 3. The minimum Gasteiger partial charge on any atom is -0.507 e. The molecule has 1 fully saturated rings. The molecule has 2 aromatic rings. The highest BCUT2D eigenvalue weighted by Gasteiger charge is 2.46. The minimum absolute atomic E-state index is 0.0206. The number of phenols is 2. The monoisotopic (exact) mass is 705 g/mol. The largest absolute Gasteiger partial charge is 0.507 e. The van der Waals surface area contributed by atoms with Crippen molar-refractivity contribution in [3.63, 3.8) is 0 Å². The Labute approximate surface area is 283 Å². The first-order chi connectivity index (χ1) is 23.6. The normalized spacial score (nSPS) is 22.9. The number of alkyl halides is 3. The molecule has 1 amide bonds. The summed E-state index contributed by atoms with van der Waals surface area (Å²) in [5.41, 5.74) is -2.05. The molecule has 2 aliphatic carbocycles. The zero-order chi connectivity index (χ0) is 36.7. The number of aliphatic hydroxyl groups excluding tert-OH is 1. The summed E-state index contributed by atoms with van der Waals surface area (Å²) >= 11 is 0. The third-order valence-corrected chi connectivity index (χ3v) is 8.79. The van der Waals surface area contributed by atoms with Gasteiger partial charge in [-0.2, -0.15) is 13.2 Å². The highest BCUT2D eigenvalue weighted by molar-refractivity contribution is 6.31. The molecular weight excluding hydrogens is 671 g/mol. The number of nitrogens with one attached hydrogen (secondary N) is 1. The number of rotatable bonds is 10. The molecule has 0 radical (unpaired) electrons. The van der Waals surface area contributed by atoms with Crippen LogP contribution in [0.15, 0.2) is 23.8 Å². The first kappa shape index (κ1) is 36.5. The van der Waals surface area contributed by atoms with Gasteiger partial charge in [-0.15, -0.1) is 0 Å². The third kappa shape index (κ3) is 6.82. The molecule has 0 spiro atoms. The van der Waals surface area contributed by atoms with Crippen molar-refractivity contribution in [3.8, 4) is 17.2 Å². The van der Waals surface area contributed by atoms with Crippen LogP contribution in [0.1, 0.15) is 95.0 Å². The number of carbonyl (C=O) groups excluding carboxylic acids is 5. The number of aromatic hydroxyl groups is 2. The molecule has 0 bridgehead atoms. The number of phenolic OH excluding ortho intramolecular Hbond substituents is 2. The Morgan fingerprint density at radius 1 is 1.06 bits per heavy atom. The smallest absolute Gasteiger partial charge is 0.471 e. The van der Waals surface area contributed by atoms with Crippen molar-refractivity contribution in [2.24, 2.45) is 0 Å². The maximum absolute atomic E-state index is 13.8. The predicted octanol–water partition coefficient (Wildman–Crippen LogP) is 3.57. The lowest BCUT2D eigenvalue weighted by molar-refractivity contribution is -0.244. The van der Waals surface area contributed by atoms with Crippen molar-refractivity contribution in [3.05, 3.63) is 57.2 Å². The fourth-order valence-electron chi connectivity index (χ4n) is 6.25. The summed E-state index contributed by atoms with van der Waals surface area (Å²) in [5.74, 6) is -6.91.